The Morgan fingerprint density at radius 2 is 1.80 bits per heavy atom. The third kappa shape index (κ3) is 4.02. The molecule has 0 radical (unpaired) electrons. The molecular formula is C27H36O8. The molecule has 0 aromatic carbocycles. The zero-order chi connectivity index (χ0) is 25.6. The number of carbonyl (C=O) groups excluding carboxylic acids is 5. The molecular weight excluding hydrogens is 452 g/mol. The SMILES string of the molecule is CCCOC(=O)O[C@]1(C(=O)COC(C)=O)CC[C@H]2[C@@H]3CCC4=CC(=O)CC[C@]4(C)[C@H]3C(=O)C[C@@]21C. The lowest BCUT2D eigenvalue weighted by atomic mass is 9.46. The smallest absolute Gasteiger partial charge is 0.458 e. The number of hydrogen-bond acceptors (Lipinski definition) is 8. The van der Waals surface area contributed by atoms with Crippen LogP contribution in [0, 0.1) is 28.6 Å². The average Bonchev–Trinajstić information content (AvgIpc) is 3.08. The predicted molar refractivity (Wildman–Crippen MR) is 124 cm³/mol. The number of hydrogen-bond donors (Lipinski definition) is 0. The van der Waals surface area contributed by atoms with Gasteiger partial charge in [-0.2, -0.15) is 0 Å². The second kappa shape index (κ2) is 9.17. The summed E-state index contributed by atoms with van der Waals surface area (Å²) in [5.74, 6) is -1.17. The van der Waals surface area contributed by atoms with E-state index in [0.717, 1.165) is 18.4 Å². The van der Waals surface area contributed by atoms with E-state index in [9.17, 15) is 24.0 Å². The van der Waals surface area contributed by atoms with Crippen molar-refractivity contribution in [3.8, 4) is 0 Å². The molecule has 0 amide bonds. The first kappa shape index (κ1) is 25.6. The van der Waals surface area contributed by atoms with Crippen molar-refractivity contribution in [2.75, 3.05) is 13.2 Å². The molecule has 192 valence electrons. The Labute approximate surface area is 206 Å². The molecule has 3 fully saturated rings. The van der Waals surface area contributed by atoms with E-state index in [0.29, 0.717) is 25.7 Å². The van der Waals surface area contributed by atoms with Crippen molar-refractivity contribution in [2.24, 2.45) is 28.6 Å². The van der Waals surface area contributed by atoms with Gasteiger partial charge < -0.3 is 14.2 Å². The van der Waals surface area contributed by atoms with Gasteiger partial charge in [0.25, 0.3) is 0 Å². The van der Waals surface area contributed by atoms with Crippen molar-refractivity contribution in [3.05, 3.63) is 11.6 Å². The van der Waals surface area contributed by atoms with Crippen molar-refractivity contribution < 1.29 is 38.2 Å². The highest BCUT2D eigenvalue weighted by Gasteiger charge is 2.71. The first-order valence-corrected chi connectivity index (χ1v) is 12.8. The maximum absolute atomic E-state index is 13.9. The quantitative estimate of drug-likeness (QED) is 0.513. The molecule has 0 aromatic rings. The van der Waals surface area contributed by atoms with Crippen molar-refractivity contribution in [1.29, 1.82) is 0 Å². The van der Waals surface area contributed by atoms with Gasteiger partial charge in [0, 0.05) is 31.1 Å². The molecule has 35 heavy (non-hydrogen) atoms. The fourth-order valence-corrected chi connectivity index (χ4v) is 7.69. The molecule has 8 nitrogen and oxygen atoms in total. The summed E-state index contributed by atoms with van der Waals surface area (Å²) >= 11 is 0. The predicted octanol–water partition coefficient (Wildman–Crippen LogP) is 4.13. The molecule has 0 N–H and O–H groups in total. The Morgan fingerprint density at radius 1 is 1.06 bits per heavy atom. The van der Waals surface area contributed by atoms with Crippen LogP contribution in [0.5, 0.6) is 0 Å². The number of rotatable bonds is 6. The number of fused-ring (bicyclic) bond motifs is 5. The van der Waals surface area contributed by atoms with E-state index in [1.165, 1.54) is 6.92 Å². The fraction of sp³-hybridized carbons (Fsp3) is 0.741. The van der Waals surface area contributed by atoms with Gasteiger partial charge in [0.05, 0.1) is 6.61 Å². The summed E-state index contributed by atoms with van der Waals surface area (Å²) in [6.45, 7) is 6.68. The number of carbonyl (C=O) groups is 5. The standard InChI is InChI=1S/C27H36O8/c1-5-12-33-24(32)35-27(22(31)15-34-16(2)28)11-9-20-19-7-6-17-13-18(29)8-10-25(17,3)23(19)21(30)14-26(20,27)4/h13,19-20,23H,5-12,14-15H2,1-4H3/t19-,20-,23+,25-,26-,27-/m0/s1. The number of esters is 1. The summed E-state index contributed by atoms with van der Waals surface area (Å²) in [7, 11) is 0. The van der Waals surface area contributed by atoms with Gasteiger partial charge in [-0.3, -0.25) is 19.2 Å². The molecule has 6 atom stereocenters. The van der Waals surface area contributed by atoms with E-state index in [-0.39, 0.29) is 54.2 Å². The van der Waals surface area contributed by atoms with Gasteiger partial charge in [0.15, 0.2) is 18.0 Å². The molecule has 0 aromatic heterocycles. The van der Waals surface area contributed by atoms with Crippen LogP contribution in [0.3, 0.4) is 0 Å². The zero-order valence-electron chi connectivity index (χ0n) is 21.1. The normalized spacial score (nSPS) is 37.9. The van der Waals surface area contributed by atoms with Crippen molar-refractivity contribution in [1.82, 2.24) is 0 Å². The van der Waals surface area contributed by atoms with Crippen LogP contribution in [-0.2, 0) is 33.4 Å². The molecule has 0 bridgehead atoms. The Kier molecular flexibility index (Phi) is 6.70. The molecule has 4 rings (SSSR count). The van der Waals surface area contributed by atoms with E-state index >= 15 is 0 Å². The van der Waals surface area contributed by atoms with E-state index in [1.807, 2.05) is 13.8 Å². The topological polar surface area (TPSA) is 113 Å². The van der Waals surface area contributed by atoms with Crippen LogP contribution in [0.25, 0.3) is 0 Å². The summed E-state index contributed by atoms with van der Waals surface area (Å²) in [5, 5.41) is 0. The van der Waals surface area contributed by atoms with Gasteiger partial charge >= 0.3 is 12.1 Å². The van der Waals surface area contributed by atoms with Crippen LogP contribution in [0.2, 0.25) is 0 Å². The first-order valence-electron chi connectivity index (χ1n) is 12.8. The minimum atomic E-state index is -1.60. The van der Waals surface area contributed by atoms with Crippen molar-refractivity contribution in [2.45, 2.75) is 84.7 Å². The van der Waals surface area contributed by atoms with Crippen LogP contribution in [0.15, 0.2) is 11.6 Å². The number of ether oxygens (including phenoxy) is 3. The number of ketones is 3. The second-order valence-electron chi connectivity index (χ2n) is 11.2. The largest absolute Gasteiger partial charge is 0.509 e. The van der Waals surface area contributed by atoms with E-state index < -0.39 is 35.5 Å². The van der Waals surface area contributed by atoms with Gasteiger partial charge in [-0.1, -0.05) is 26.3 Å². The lowest BCUT2D eigenvalue weighted by Gasteiger charge is -2.57. The van der Waals surface area contributed by atoms with Gasteiger partial charge in [-0.25, -0.2) is 4.79 Å². The second-order valence-corrected chi connectivity index (χ2v) is 11.2. The number of Topliss-reactive ketones (excluding diaryl/α,β-unsaturated/α-hetero) is 2. The molecule has 0 aliphatic heterocycles. The Hall–Kier alpha value is -2.51. The summed E-state index contributed by atoms with van der Waals surface area (Å²) in [5.41, 5.74) is -1.82. The van der Waals surface area contributed by atoms with E-state index in [2.05, 4.69) is 6.92 Å². The van der Waals surface area contributed by atoms with Crippen molar-refractivity contribution >= 4 is 29.5 Å². The lowest BCUT2D eigenvalue weighted by Crippen LogP contribution is -2.62. The third-order valence-electron chi connectivity index (χ3n) is 9.31. The van der Waals surface area contributed by atoms with Gasteiger partial charge in [0.2, 0.25) is 5.78 Å². The lowest BCUT2D eigenvalue weighted by molar-refractivity contribution is -0.177. The van der Waals surface area contributed by atoms with E-state index in [4.69, 9.17) is 14.2 Å². The summed E-state index contributed by atoms with van der Waals surface area (Å²) in [6, 6.07) is 0. The highest BCUT2D eigenvalue weighted by Crippen LogP contribution is 2.67. The van der Waals surface area contributed by atoms with Gasteiger partial charge in [0.1, 0.15) is 5.78 Å². The van der Waals surface area contributed by atoms with Crippen LogP contribution in [-0.4, -0.2) is 48.3 Å². The zero-order valence-corrected chi connectivity index (χ0v) is 21.1. The maximum Gasteiger partial charge on any atom is 0.509 e. The van der Waals surface area contributed by atoms with Gasteiger partial charge in [-0.05, 0) is 61.9 Å². The highest BCUT2D eigenvalue weighted by molar-refractivity contribution is 5.96. The third-order valence-corrected chi connectivity index (χ3v) is 9.31. The van der Waals surface area contributed by atoms with Crippen LogP contribution in [0.1, 0.15) is 79.1 Å². The summed E-state index contributed by atoms with van der Waals surface area (Å²) in [6.07, 6.45) is 4.96. The summed E-state index contributed by atoms with van der Waals surface area (Å²) in [4.78, 5) is 63.6. The first-order chi connectivity index (χ1) is 16.5. The molecule has 0 unspecified atom stereocenters. The molecule has 3 saturated carbocycles. The molecule has 4 aliphatic carbocycles. The highest BCUT2D eigenvalue weighted by atomic mass is 16.7. The fourth-order valence-electron chi connectivity index (χ4n) is 7.69. The molecule has 0 spiro atoms. The van der Waals surface area contributed by atoms with Crippen LogP contribution < -0.4 is 0 Å². The average molecular weight is 489 g/mol. The Balaban J connectivity index is 1.70. The molecule has 0 saturated heterocycles. The Morgan fingerprint density at radius 3 is 2.49 bits per heavy atom. The van der Waals surface area contributed by atoms with Crippen molar-refractivity contribution in [3.63, 3.8) is 0 Å². The van der Waals surface area contributed by atoms with E-state index in [1.54, 1.807) is 6.08 Å². The van der Waals surface area contributed by atoms with Gasteiger partial charge in [-0.15, -0.1) is 0 Å². The minimum Gasteiger partial charge on any atom is -0.458 e. The summed E-state index contributed by atoms with van der Waals surface area (Å²) < 4.78 is 16.0. The number of allylic oxidation sites excluding steroid dienone is 1. The Bertz CT molecular complexity index is 982. The monoisotopic (exact) mass is 488 g/mol. The van der Waals surface area contributed by atoms with Crippen LogP contribution in [0.4, 0.5) is 4.79 Å². The molecule has 0 heterocycles. The molecule has 8 heteroatoms. The minimum absolute atomic E-state index is 0.0234. The maximum atomic E-state index is 13.9. The molecule has 4 aliphatic rings. The van der Waals surface area contributed by atoms with Crippen LogP contribution >= 0.6 is 0 Å².